The van der Waals surface area contributed by atoms with Crippen molar-refractivity contribution in [1.29, 1.82) is 0 Å². The maximum atomic E-state index is 12.3. The van der Waals surface area contributed by atoms with Crippen molar-refractivity contribution in [3.05, 3.63) is 29.3 Å². The number of nitrogens with zero attached hydrogens (tertiary/aromatic N) is 2. The van der Waals surface area contributed by atoms with E-state index < -0.39 is 6.61 Å². The molecule has 1 aromatic carbocycles. The van der Waals surface area contributed by atoms with Crippen molar-refractivity contribution in [2.45, 2.75) is 31.9 Å². The van der Waals surface area contributed by atoms with E-state index in [1.54, 1.807) is 24.3 Å². The van der Waals surface area contributed by atoms with Crippen LogP contribution in [0.1, 0.15) is 30.0 Å². The first-order chi connectivity index (χ1) is 10.7. The van der Waals surface area contributed by atoms with Crippen LogP contribution in [0, 0.1) is 0 Å². The second-order valence-corrected chi connectivity index (χ2v) is 5.32. The second kappa shape index (κ2) is 8.09. The molecule has 1 N–H and O–H groups in total. The summed E-state index contributed by atoms with van der Waals surface area (Å²) in [6, 6.07) is 5.27. The zero-order valence-corrected chi connectivity index (χ0v) is 15.1. The molecule has 0 spiro atoms. The van der Waals surface area contributed by atoms with Gasteiger partial charge in [0.1, 0.15) is 5.75 Å². The second-order valence-electron chi connectivity index (χ2n) is 5.32. The summed E-state index contributed by atoms with van der Waals surface area (Å²) in [5.74, 6) is 0.944. The molecule has 23 heavy (non-hydrogen) atoms. The van der Waals surface area contributed by atoms with Crippen molar-refractivity contribution in [1.82, 2.24) is 10.4 Å². The first-order valence-corrected chi connectivity index (χ1v) is 7.37. The summed E-state index contributed by atoms with van der Waals surface area (Å²) in [4.78, 5) is 9.65. The number of hydrogen-bond acceptors (Lipinski definition) is 5. The monoisotopic (exact) mass is 439 g/mol. The minimum absolute atomic E-state index is 0. The Morgan fingerprint density at radius 1 is 1.39 bits per heavy atom. The zero-order chi connectivity index (χ0) is 15.5. The van der Waals surface area contributed by atoms with Crippen molar-refractivity contribution in [2.24, 2.45) is 4.99 Å². The van der Waals surface area contributed by atoms with Gasteiger partial charge in [0.2, 0.25) is 5.96 Å². The zero-order valence-electron chi connectivity index (χ0n) is 12.8. The molecule has 1 aliphatic heterocycles. The van der Waals surface area contributed by atoms with Crippen molar-refractivity contribution >= 4 is 29.9 Å². The number of guanidine groups is 1. The number of nitrogens with one attached hydrogen (secondary N) is 1. The lowest BCUT2D eigenvalue weighted by Crippen LogP contribution is -2.40. The van der Waals surface area contributed by atoms with E-state index in [0.29, 0.717) is 6.54 Å². The quantitative estimate of drug-likeness (QED) is 0.733. The molecule has 0 fully saturated rings. The summed E-state index contributed by atoms with van der Waals surface area (Å²) in [5, 5.41) is 5.12. The molecular formula is C15H20F2IN3O2. The van der Waals surface area contributed by atoms with Gasteiger partial charge in [-0.15, -0.1) is 24.0 Å². The first kappa shape index (κ1) is 18.2. The van der Waals surface area contributed by atoms with Gasteiger partial charge in [-0.05, 0) is 42.5 Å². The lowest BCUT2D eigenvalue weighted by atomic mass is 9.87. The third-order valence-electron chi connectivity index (χ3n) is 3.98. The molecule has 1 unspecified atom stereocenters. The van der Waals surface area contributed by atoms with Crippen LogP contribution in [0.4, 0.5) is 8.78 Å². The molecule has 0 aromatic heterocycles. The Morgan fingerprint density at radius 2 is 2.22 bits per heavy atom. The van der Waals surface area contributed by atoms with Crippen molar-refractivity contribution in [2.75, 3.05) is 20.2 Å². The van der Waals surface area contributed by atoms with Crippen LogP contribution < -0.4 is 10.1 Å². The number of benzene rings is 1. The van der Waals surface area contributed by atoms with Gasteiger partial charge in [0.15, 0.2) is 0 Å². The van der Waals surface area contributed by atoms with Crippen molar-refractivity contribution in [3.8, 4) is 5.75 Å². The Bertz CT molecular complexity index is 572. The molecule has 8 heteroatoms. The van der Waals surface area contributed by atoms with E-state index >= 15 is 0 Å². The third kappa shape index (κ3) is 4.23. The molecule has 2 aliphatic rings. The molecule has 0 radical (unpaired) electrons. The summed E-state index contributed by atoms with van der Waals surface area (Å²) >= 11 is 0. The van der Waals surface area contributed by atoms with Gasteiger partial charge in [0.25, 0.3) is 0 Å². The molecular weight excluding hydrogens is 419 g/mol. The summed E-state index contributed by atoms with van der Waals surface area (Å²) in [5.41, 5.74) is 2.16. The van der Waals surface area contributed by atoms with Gasteiger partial charge in [-0.25, -0.2) is 10.1 Å². The van der Waals surface area contributed by atoms with Crippen molar-refractivity contribution < 1.29 is 18.4 Å². The molecule has 3 rings (SSSR count). The molecule has 1 heterocycles. The molecule has 5 nitrogen and oxygen atoms in total. The van der Waals surface area contributed by atoms with E-state index in [1.165, 1.54) is 0 Å². The number of alkyl halides is 2. The number of ether oxygens (including phenoxy) is 1. The van der Waals surface area contributed by atoms with Crippen LogP contribution in [0.2, 0.25) is 0 Å². The van der Waals surface area contributed by atoms with E-state index in [0.717, 1.165) is 42.9 Å². The summed E-state index contributed by atoms with van der Waals surface area (Å²) in [7, 11) is 1.62. The van der Waals surface area contributed by atoms with Gasteiger partial charge in [-0.2, -0.15) is 8.78 Å². The summed E-state index contributed by atoms with van der Waals surface area (Å²) in [6.07, 6.45) is 2.83. The van der Waals surface area contributed by atoms with Crippen LogP contribution >= 0.6 is 24.0 Å². The fourth-order valence-electron chi connectivity index (χ4n) is 3.00. The maximum absolute atomic E-state index is 12.3. The number of fused-ring (bicyclic) bond motifs is 1. The molecule has 1 aliphatic carbocycles. The molecule has 0 bridgehead atoms. The minimum atomic E-state index is -2.79. The number of aliphatic imine (C=N–C) groups is 1. The van der Waals surface area contributed by atoms with E-state index in [2.05, 4.69) is 15.0 Å². The average molecular weight is 439 g/mol. The smallest absolute Gasteiger partial charge is 0.387 e. The molecule has 0 saturated heterocycles. The van der Waals surface area contributed by atoms with E-state index in [-0.39, 0.29) is 35.8 Å². The van der Waals surface area contributed by atoms with Gasteiger partial charge in [-0.1, -0.05) is 6.07 Å². The molecule has 0 amide bonds. The lowest BCUT2D eigenvalue weighted by molar-refractivity contribution is -0.0587. The van der Waals surface area contributed by atoms with E-state index in [4.69, 9.17) is 4.84 Å². The standard InChI is InChI=1S/C15H19F2N3O2.HI/c1-21-20-8-7-18-15(20)19-13-4-2-3-10-9-11(22-14(16)17)5-6-12(10)13;/h5-6,9,13-14H,2-4,7-8H2,1H3,(H,18,19);1H. The predicted octanol–water partition coefficient (Wildman–Crippen LogP) is 3.11. The fraction of sp³-hybridized carbons (Fsp3) is 0.533. The Morgan fingerprint density at radius 3 is 2.96 bits per heavy atom. The predicted molar refractivity (Wildman–Crippen MR) is 93.3 cm³/mol. The highest BCUT2D eigenvalue weighted by atomic mass is 127. The molecule has 1 atom stereocenters. The van der Waals surface area contributed by atoms with E-state index in [9.17, 15) is 8.78 Å². The number of aryl methyl sites for hydroxylation is 1. The maximum Gasteiger partial charge on any atom is 0.387 e. The van der Waals surface area contributed by atoms with Crippen LogP contribution in [0.15, 0.2) is 23.2 Å². The molecule has 0 saturated carbocycles. The first-order valence-electron chi connectivity index (χ1n) is 7.37. The Labute approximate surface area is 151 Å². The van der Waals surface area contributed by atoms with E-state index in [1.807, 2.05) is 6.07 Å². The number of halogens is 3. The Hall–Kier alpha value is -1.16. The van der Waals surface area contributed by atoms with Crippen LogP contribution in [0.3, 0.4) is 0 Å². The number of rotatable bonds is 4. The highest BCUT2D eigenvalue weighted by molar-refractivity contribution is 14.0. The van der Waals surface area contributed by atoms with Gasteiger partial charge in [-0.3, -0.25) is 4.84 Å². The largest absolute Gasteiger partial charge is 0.435 e. The molecule has 1 aromatic rings. The fourth-order valence-corrected chi connectivity index (χ4v) is 3.00. The topological polar surface area (TPSA) is 46.1 Å². The van der Waals surface area contributed by atoms with Crippen LogP contribution in [0.25, 0.3) is 0 Å². The highest BCUT2D eigenvalue weighted by Gasteiger charge is 2.25. The summed E-state index contributed by atoms with van der Waals surface area (Å²) in [6.45, 7) is -1.35. The Balaban J connectivity index is 0.00000192. The number of hydrogen-bond donors (Lipinski definition) is 1. The van der Waals surface area contributed by atoms with Crippen molar-refractivity contribution in [3.63, 3.8) is 0 Å². The van der Waals surface area contributed by atoms with Crippen LogP contribution in [0.5, 0.6) is 5.75 Å². The summed E-state index contributed by atoms with van der Waals surface area (Å²) < 4.78 is 29.1. The van der Waals surface area contributed by atoms with Gasteiger partial charge >= 0.3 is 6.61 Å². The van der Waals surface area contributed by atoms with Gasteiger partial charge in [0.05, 0.1) is 26.2 Å². The van der Waals surface area contributed by atoms with Gasteiger partial charge in [0, 0.05) is 0 Å². The van der Waals surface area contributed by atoms with Crippen LogP contribution in [-0.2, 0) is 11.3 Å². The number of hydroxylamine groups is 2. The third-order valence-corrected chi connectivity index (χ3v) is 3.98. The SMILES string of the molecule is CON1CCN=C1NC1CCCc2cc(OC(F)F)ccc21.I. The molecule has 128 valence electrons. The normalized spacial score (nSPS) is 19.9. The minimum Gasteiger partial charge on any atom is -0.435 e. The van der Waals surface area contributed by atoms with Gasteiger partial charge < -0.3 is 10.1 Å². The highest BCUT2D eigenvalue weighted by Crippen LogP contribution is 2.32. The Kier molecular flexibility index (Phi) is 6.40. The van der Waals surface area contributed by atoms with Crippen LogP contribution in [-0.4, -0.2) is 37.8 Å². The lowest BCUT2D eigenvalue weighted by Gasteiger charge is -2.29. The average Bonchev–Trinajstić information content (AvgIpc) is 2.94.